The lowest BCUT2D eigenvalue weighted by Crippen LogP contribution is -2.38. The number of halogens is 1. The van der Waals surface area contributed by atoms with E-state index in [-0.39, 0.29) is 24.0 Å². The molecule has 0 radical (unpaired) electrons. The zero-order valence-electron chi connectivity index (χ0n) is 17.2. The fraction of sp³-hybridized carbons (Fsp3) is 0.650. The van der Waals surface area contributed by atoms with Crippen LogP contribution in [-0.2, 0) is 9.47 Å². The Hall–Kier alpha value is -1.06. The van der Waals surface area contributed by atoms with E-state index in [1.54, 1.807) is 7.11 Å². The fourth-order valence-electron chi connectivity index (χ4n) is 2.42. The van der Waals surface area contributed by atoms with Crippen molar-refractivity contribution < 1.29 is 14.2 Å². The van der Waals surface area contributed by atoms with E-state index in [2.05, 4.69) is 54.6 Å². The van der Waals surface area contributed by atoms with Crippen LogP contribution in [0.2, 0.25) is 0 Å². The minimum atomic E-state index is 0. The Bertz CT molecular complexity index is 507. The summed E-state index contributed by atoms with van der Waals surface area (Å²) in [6.07, 6.45) is 1.81. The highest BCUT2D eigenvalue weighted by Gasteiger charge is 2.02. The predicted molar refractivity (Wildman–Crippen MR) is 123 cm³/mol. The molecule has 0 saturated carbocycles. The van der Waals surface area contributed by atoms with Crippen LogP contribution in [0, 0.1) is 13.8 Å². The first-order chi connectivity index (χ1) is 12.7. The van der Waals surface area contributed by atoms with Gasteiger partial charge in [0.1, 0.15) is 5.75 Å². The van der Waals surface area contributed by atoms with Gasteiger partial charge in [-0.1, -0.05) is 18.2 Å². The van der Waals surface area contributed by atoms with Gasteiger partial charge in [0, 0.05) is 39.8 Å². The second-order valence-corrected chi connectivity index (χ2v) is 6.07. The number of para-hydroxylation sites is 1. The number of ether oxygens (including phenoxy) is 3. The van der Waals surface area contributed by atoms with Crippen molar-refractivity contribution >= 4 is 29.9 Å². The van der Waals surface area contributed by atoms with Crippen LogP contribution in [-0.4, -0.2) is 59.1 Å². The standard InChI is InChI=1S/C20H35N3O3.HI/c1-5-21-20(22-11-7-13-25-16-15-24-4)23-12-8-14-26-19-17(2)9-6-10-18(19)3;/h6,9-10H,5,7-8,11-16H2,1-4H3,(H2,21,22,23);1H. The zero-order valence-corrected chi connectivity index (χ0v) is 19.5. The molecule has 0 amide bonds. The molecule has 0 saturated heterocycles. The minimum absolute atomic E-state index is 0. The number of hydrogen-bond donors (Lipinski definition) is 2. The van der Waals surface area contributed by atoms with E-state index in [0.29, 0.717) is 19.8 Å². The van der Waals surface area contributed by atoms with E-state index in [9.17, 15) is 0 Å². The molecule has 0 unspecified atom stereocenters. The molecule has 27 heavy (non-hydrogen) atoms. The lowest BCUT2D eigenvalue weighted by atomic mass is 10.1. The number of methoxy groups -OCH3 is 1. The van der Waals surface area contributed by atoms with Crippen LogP contribution in [0.15, 0.2) is 23.2 Å². The summed E-state index contributed by atoms with van der Waals surface area (Å²) in [4.78, 5) is 4.59. The molecule has 1 aromatic carbocycles. The third-order valence-electron chi connectivity index (χ3n) is 3.76. The van der Waals surface area contributed by atoms with Gasteiger partial charge in [0.25, 0.3) is 0 Å². The Kier molecular flexibility index (Phi) is 16.4. The molecule has 156 valence electrons. The minimum Gasteiger partial charge on any atom is -0.493 e. The molecule has 1 rings (SSSR count). The molecule has 0 fully saturated rings. The first-order valence-electron chi connectivity index (χ1n) is 9.47. The molecule has 0 bridgehead atoms. The molecular weight excluding hydrogens is 457 g/mol. The Morgan fingerprint density at radius 3 is 2.41 bits per heavy atom. The number of rotatable bonds is 13. The molecule has 0 spiro atoms. The topological polar surface area (TPSA) is 64.1 Å². The molecular formula is C20H36IN3O3. The van der Waals surface area contributed by atoms with Crippen molar-refractivity contribution in [1.29, 1.82) is 0 Å². The lowest BCUT2D eigenvalue weighted by Gasteiger charge is -2.13. The highest BCUT2D eigenvalue weighted by Crippen LogP contribution is 2.22. The molecule has 0 aliphatic carbocycles. The summed E-state index contributed by atoms with van der Waals surface area (Å²) in [6.45, 7) is 11.3. The highest BCUT2D eigenvalue weighted by molar-refractivity contribution is 14.0. The van der Waals surface area contributed by atoms with E-state index in [0.717, 1.165) is 50.8 Å². The maximum atomic E-state index is 5.92. The van der Waals surface area contributed by atoms with Gasteiger partial charge in [0.15, 0.2) is 5.96 Å². The smallest absolute Gasteiger partial charge is 0.191 e. The van der Waals surface area contributed by atoms with Gasteiger partial charge < -0.3 is 24.8 Å². The van der Waals surface area contributed by atoms with Gasteiger partial charge in [-0.25, -0.2) is 0 Å². The highest BCUT2D eigenvalue weighted by atomic mass is 127. The maximum absolute atomic E-state index is 5.92. The van der Waals surface area contributed by atoms with E-state index >= 15 is 0 Å². The van der Waals surface area contributed by atoms with Crippen LogP contribution in [0.5, 0.6) is 5.75 Å². The van der Waals surface area contributed by atoms with E-state index in [1.807, 2.05) is 0 Å². The van der Waals surface area contributed by atoms with Crippen LogP contribution < -0.4 is 15.4 Å². The average Bonchev–Trinajstić information content (AvgIpc) is 2.62. The van der Waals surface area contributed by atoms with Crippen molar-refractivity contribution in [3.63, 3.8) is 0 Å². The summed E-state index contributed by atoms with van der Waals surface area (Å²) in [6, 6.07) is 6.21. The van der Waals surface area contributed by atoms with Crippen LogP contribution in [0.25, 0.3) is 0 Å². The molecule has 6 nitrogen and oxygen atoms in total. The number of aryl methyl sites for hydroxylation is 2. The van der Waals surface area contributed by atoms with Crippen molar-refractivity contribution in [3.05, 3.63) is 29.3 Å². The molecule has 0 heterocycles. The van der Waals surface area contributed by atoms with Gasteiger partial charge in [0.05, 0.1) is 19.8 Å². The number of benzene rings is 1. The summed E-state index contributed by atoms with van der Waals surface area (Å²) in [5, 5.41) is 6.58. The molecule has 0 atom stereocenters. The van der Waals surface area contributed by atoms with Crippen molar-refractivity contribution in [2.24, 2.45) is 4.99 Å². The van der Waals surface area contributed by atoms with Crippen molar-refractivity contribution in [3.8, 4) is 5.75 Å². The molecule has 0 aliphatic rings. The fourth-order valence-corrected chi connectivity index (χ4v) is 2.42. The second kappa shape index (κ2) is 17.1. The van der Waals surface area contributed by atoms with Crippen molar-refractivity contribution in [2.45, 2.75) is 33.6 Å². The monoisotopic (exact) mass is 493 g/mol. The Morgan fingerprint density at radius 1 is 1.00 bits per heavy atom. The Labute approximate surface area is 181 Å². The van der Waals surface area contributed by atoms with Gasteiger partial charge in [-0.15, -0.1) is 24.0 Å². The first kappa shape index (κ1) is 25.9. The van der Waals surface area contributed by atoms with E-state index in [4.69, 9.17) is 14.2 Å². The number of nitrogens with one attached hydrogen (secondary N) is 2. The Balaban J connectivity index is 0.00000676. The van der Waals surface area contributed by atoms with Crippen LogP contribution >= 0.6 is 24.0 Å². The van der Waals surface area contributed by atoms with Crippen LogP contribution in [0.4, 0.5) is 0 Å². The quantitative estimate of drug-likeness (QED) is 0.191. The summed E-state index contributed by atoms with van der Waals surface area (Å²) >= 11 is 0. The van der Waals surface area contributed by atoms with Gasteiger partial charge in [-0.3, -0.25) is 4.99 Å². The SMILES string of the molecule is CCNC(=NCCCOc1c(C)cccc1C)NCCCOCCOC.I. The molecule has 2 N–H and O–H groups in total. The molecule has 7 heteroatoms. The normalized spacial score (nSPS) is 11.0. The third-order valence-corrected chi connectivity index (χ3v) is 3.76. The number of guanidine groups is 1. The third kappa shape index (κ3) is 12.1. The van der Waals surface area contributed by atoms with Crippen LogP contribution in [0.3, 0.4) is 0 Å². The molecule has 1 aromatic rings. The van der Waals surface area contributed by atoms with Gasteiger partial charge in [-0.2, -0.15) is 0 Å². The summed E-state index contributed by atoms with van der Waals surface area (Å²) in [5.74, 6) is 1.84. The predicted octanol–water partition coefficient (Wildman–Crippen LogP) is 3.30. The maximum Gasteiger partial charge on any atom is 0.191 e. The first-order valence-corrected chi connectivity index (χ1v) is 9.47. The average molecular weight is 493 g/mol. The number of aliphatic imine (C=N–C) groups is 1. The van der Waals surface area contributed by atoms with Gasteiger partial charge in [0.2, 0.25) is 0 Å². The van der Waals surface area contributed by atoms with Crippen LogP contribution in [0.1, 0.15) is 30.9 Å². The molecule has 0 aromatic heterocycles. The number of nitrogens with zero attached hydrogens (tertiary/aromatic N) is 1. The van der Waals surface area contributed by atoms with Crippen molar-refractivity contribution in [2.75, 3.05) is 53.2 Å². The summed E-state index contributed by atoms with van der Waals surface area (Å²) in [5.41, 5.74) is 2.35. The van der Waals surface area contributed by atoms with Gasteiger partial charge in [-0.05, 0) is 38.3 Å². The van der Waals surface area contributed by atoms with E-state index in [1.165, 1.54) is 11.1 Å². The summed E-state index contributed by atoms with van der Waals surface area (Å²) < 4.78 is 16.3. The second-order valence-electron chi connectivity index (χ2n) is 6.07. The Morgan fingerprint density at radius 2 is 1.74 bits per heavy atom. The number of hydrogen-bond acceptors (Lipinski definition) is 4. The largest absolute Gasteiger partial charge is 0.493 e. The lowest BCUT2D eigenvalue weighted by molar-refractivity contribution is 0.0698. The zero-order chi connectivity index (χ0) is 19.0. The molecule has 0 aliphatic heterocycles. The van der Waals surface area contributed by atoms with E-state index < -0.39 is 0 Å². The van der Waals surface area contributed by atoms with Gasteiger partial charge >= 0.3 is 0 Å². The summed E-state index contributed by atoms with van der Waals surface area (Å²) in [7, 11) is 1.68. The van der Waals surface area contributed by atoms with Crippen molar-refractivity contribution in [1.82, 2.24) is 10.6 Å².